The highest BCUT2D eigenvalue weighted by molar-refractivity contribution is 7.89. The summed E-state index contributed by atoms with van der Waals surface area (Å²) in [5, 5.41) is 3.11. The second-order valence-corrected chi connectivity index (χ2v) is 10.8. The second kappa shape index (κ2) is 11.0. The quantitative estimate of drug-likeness (QED) is 0.643. The van der Waals surface area contributed by atoms with Crippen LogP contribution in [0.1, 0.15) is 40.7 Å². The van der Waals surface area contributed by atoms with E-state index in [2.05, 4.69) is 22.3 Å². The van der Waals surface area contributed by atoms with E-state index in [1.165, 1.54) is 28.1 Å². The number of carbonyl (C=O) groups is 1. The number of morpholine rings is 1. The predicted molar refractivity (Wildman–Crippen MR) is 128 cm³/mol. The summed E-state index contributed by atoms with van der Waals surface area (Å²) in [6, 6.07) is 12.4. The first-order valence-corrected chi connectivity index (χ1v) is 13.2. The minimum atomic E-state index is -3.64. The lowest BCUT2D eigenvalue weighted by atomic mass is 10.1. The molecule has 0 spiro atoms. The minimum Gasteiger partial charge on any atom is -0.379 e. The topological polar surface area (TPSA) is 79.0 Å². The van der Waals surface area contributed by atoms with Crippen molar-refractivity contribution in [1.82, 2.24) is 14.5 Å². The third-order valence-corrected chi connectivity index (χ3v) is 8.31. The molecule has 4 rings (SSSR count). The Balaban J connectivity index is 1.42. The van der Waals surface area contributed by atoms with E-state index in [0.29, 0.717) is 19.6 Å². The van der Waals surface area contributed by atoms with Crippen molar-refractivity contribution in [1.29, 1.82) is 0 Å². The van der Waals surface area contributed by atoms with Gasteiger partial charge in [0.05, 0.1) is 28.7 Å². The first kappa shape index (κ1) is 24.2. The number of amides is 1. The van der Waals surface area contributed by atoms with Crippen LogP contribution in [0.5, 0.6) is 0 Å². The van der Waals surface area contributed by atoms with E-state index in [-0.39, 0.29) is 15.5 Å². The van der Waals surface area contributed by atoms with Crippen LogP contribution in [-0.4, -0.2) is 62.9 Å². The molecule has 1 amide bonds. The molecule has 0 aromatic heterocycles. The number of ether oxygens (including phenoxy) is 1. The normalized spacial score (nSPS) is 18.2. The fraction of sp³-hybridized carbons (Fsp3) is 0.458. The highest BCUT2D eigenvalue weighted by Gasteiger charge is 2.27. The molecular formula is C24H30ClN3O4S. The summed E-state index contributed by atoms with van der Waals surface area (Å²) in [5.41, 5.74) is 2.32. The van der Waals surface area contributed by atoms with Gasteiger partial charge >= 0.3 is 0 Å². The fourth-order valence-corrected chi connectivity index (χ4v) is 5.97. The summed E-state index contributed by atoms with van der Waals surface area (Å²) in [7, 11) is -3.64. The summed E-state index contributed by atoms with van der Waals surface area (Å²) in [5.74, 6) is -0.394. The summed E-state index contributed by atoms with van der Waals surface area (Å²) in [6.07, 6.45) is 2.74. The molecule has 2 aromatic carbocycles. The van der Waals surface area contributed by atoms with Crippen LogP contribution in [0.25, 0.3) is 0 Å². The number of piperidine rings is 1. The van der Waals surface area contributed by atoms with E-state index in [1.807, 2.05) is 12.1 Å². The van der Waals surface area contributed by atoms with Gasteiger partial charge in [0.2, 0.25) is 10.0 Å². The SMILES string of the molecule is O=C(NCc1cccc(CN2CCOCC2)c1)c1cc(S(=O)(=O)N2CCCCC2)ccc1Cl. The molecule has 0 bridgehead atoms. The molecule has 2 aromatic rings. The summed E-state index contributed by atoms with van der Waals surface area (Å²) in [6.45, 7) is 5.52. The van der Waals surface area contributed by atoms with Gasteiger partial charge in [-0.3, -0.25) is 9.69 Å². The van der Waals surface area contributed by atoms with E-state index in [1.54, 1.807) is 0 Å². The first-order valence-electron chi connectivity index (χ1n) is 11.4. The molecule has 0 atom stereocenters. The van der Waals surface area contributed by atoms with Crippen LogP contribution in [0, 0.1) is 0 Å². The number of rotatable bonds is 7. The number of sulfonamides is 1. The Hall–Kier alpha value is -1.97. The van der Waals surface area contributed by atoms with Crippen molar-refractivity contribution in [3.8, 4) is 0 Å². The van der Waals surface area contributed by atoms with Crippen LogP contribution in [0.3, 0.4) is 0 Å². The van der Waals surface area contributed by atoms with Crippen molar-refractivity contribution in [3.63, 3.8) is 0 Å². The number of carbonyl (C=O) groups excluding carboxylic acids is 1. The number of hydrogen-bond acceptors (Lipinski definition) is 5. The van der Waals surface area contributed by atoms with Crippen molar-refractivity contribution in [2.75, 3.05) is 39.4 Å². The minimum absolute atomic E-state index is 0.103. The third-order valence-electron chi connectivity index (χ3n) is 6.09. The molecular weight excluding hydrogens is 462 g/mol. The number of nitrogens with zero attached hydrogens (tertiary/aromatic N) is 2. The summed E-state index contributed by atoms with van der Waals surface area (Å²) >= 11 is 6.26. The monoisotopic (exact) mass is 491 g/mol. The largest absolute Gasteiger partial charge is 0.379 e. The molecule has 2 aliphatic rings. The van der Waals surface area contributed by atoms with Gasteiger partial charge in [0.25, 0.3) is 5.91 Å². The van der Waals surface area contributed by atoms with Crippen molar-refractivity contribution in [2.24, 2.45) is 0 Å². The van der Waals surface area contributed by atoms with Crippen molar-refractivity contribution in [2.45, 2.75) is 37.2 Å². The highest BCUT2D eigenvalue weighted by atomic mass is 35.5. The van der Waals surface area contributed by atoms with Crippen LogP contribution in [0.15, 0.2) is 47.4 Å². The number of halogens is 1. The molecule has 0 saturated carbocycles. The maximum Gasteiger partial charge on any atom is 0.253 e. The highest BCUT2D eigenvalue weighted by Crippen LogP contribution is 2.25. The van der Waals surface area contributed by atoms with Crippen molar-refractivity contribution < 1.29 is 17.9 Å². The number of hydrogen-bond donors (Lipinski definition) is 1. The molecule has 9 heteroatoms. The third kappa shape index (κ3) is 6.13. The van der Waals surface area contributed by atoms with Gasteiger partial charge < -0.3 is 10.1 Å². The van der Waals surface area contributed by atoms with Gasteiger partial charge in [0, 0.05) is 39.3 Å². The summed E-state index contributed by atoms with van der Waals surface area (Å²) < 4.78 is 32.9. The van der Waals surface area contributed by atoms with Crippen molar-refractivity contribution >= 4 is 27.5 Å². The maximum atomic E-state index is 13.0. The van der Waals surface area contributed by atoms with Crippen LogP contribution in [0.4, 0.5) is 0 Å². The van der Waals surface area contributed by atoms with E-state index >= 15 is 0 Å². The van der Waals surface area contributed by atoms with E-state index < -0.39 is 15.9 Å². The Labute approximate surface area is 200 Å². The molecule has 178 valence electrons. The van der Waals surface area contributed by atoms with E-state index in [9.17, 15) is 13.2 Å². The lowest BCUT2D eigenvalue weighted by Gasteiger charge is -2.26. The van der Waals surface area contributed by atoms with Crippen LogP contribution in [0.2, 0.25) is 5.02 Å². The smallest absolute Gasteiger partial charge is 0.253 e. The lowest BCUT2D eigenvalue weighted by molar-refractivity contribution is 0.0342. The molecule has 7 nitrogen and oxygen atoms in total. The van der Waals surface area contributed by atoms with Crippen LogP contribution >= 0.6 is 11.6 Å². The Bertz CT molecular complexity index is 1080. The summed E-state index contributed by atoms with van der Waals surface area (Å²) in [4.78, 5) is 15.3. The van der Waals surface area contributed by atoms with Crippen molar-refractivity contribution in [3.05, 3.63) is 64.2 Å². The van der Waals surface area contributed by atoms with Gasteiger partial charge in [-0.05, 0) is 42.2 Å². The van der Waals surface area contributed by atoms with E-state index in [0.717, 1.165) is 57.7 Å². The molecule has 0 aliphatic carbocycles. The second-order valence-electron chi connectivity index (χ2n) is 8.50. The molecule has 2 fully saturated rings. The number of nitrogens with one attached hydrogen (secondary N) is 1. The maximum absolute atomic E-state index is 13.0. The first-order chi connectivity index (χ1) is 15.9. The van der Waals surface area contributed by atoms with Gasteiger partial charge in [-0.1, -0.05) is 42.3 Å². The molecule has 2 saturated heterocycles. The Morgan fingerprint density at radius 2 is 1.70 bits per heavy atom. The van der Waals surface area contributed by atoms with Crippen LogP contribution < -0.4 is 5.32 Å². The van der Waals surface area contributed by atoms with Gasteiger partial charge in [-0.15, -0.1) is 0 Å². The molecule has 0 radical (unpaired) electrons. The zero-order valence-electron chi connectivity index (χ0n) is 18.6. The molecule has 33 heavy (non-hydrogen) atoms. The number of benzene rings is 2. The fourth-order valence-electron chi connectivity index (χ4n) is 4.23. The average molecular weight is 492 g/mol. The van der Waals surface area contributed by atoms with E-state index in [4.69, 9.17) is 16.3 Å². The van der Waals surface area contributed by atoms with Crippen LogP contribution in [-0.2, 0) is 27.8 Å². The standard InChI is InChI=1S/C24H30ClN3O4S/c25-23-8-7-21(33(30,31)28-9-2-1-3-10-28)16-22(23)24(29)26-17-19-5-4-6-20(15-19)18-27-11-13-32-14-12-27/h4-8,15-16H,1-3,9-14,17-18H2,(H,26,29). The molecule has 2 aliphatic heterocycles. The van der Waals surface area contributed by atoms with Gasteiger partial charge in [-0.2, -0.15) is 4.31 Å². The molecule has 1 N–H and O–H groups in total. The Kier molecular flexibility index (Phi) is 8.03. The Morgan fingerprint density at radius 1 is 0.970 bits per heavy atom. The Morgan fingerprint density at radius 3 is 2.45 bits per heavy atom. The van der Waals surface area contributed by atoms with Gasteiger partial charge in [0.15, 0.2) is 0 Å². The zero-order chi connectivity index (χ0) is 23.3. The predicted octanol–water partition coefficient (Wildman–Crippen LogP) is 3.28. The van der Waals surface area contributed by atoms with Gasteiger partial charge in [-0.25, -0.2) is 8.42 Å². The zero-order valence-corrected chi connectivity index (χ0v) is 20.2. The molecule has 0 unspecified atom stereocenters. The average Bonchev–Trinajstić information content (AvgIpc) is 2.84. The van der Waals surface area contributed by atoms with Gasteiger partial charge in [0.1, 0.15) is 0 Å². The lowest BCUT2D eigenvalue weighted by Crippen LogP contribution is -2.35. The molecule has 2 heterocycles.